The lowest BCUT2D eigenvalue weighted by Crippen LogP contribution is -2.19. The Labute approximate surface area is 56.9 Å². The van der Waals surface area contributed by atoms with Crippen molar-refractivity contribution in [2.75, 3.05) is 13.2 Å². The standard InChI is InChI=1S/C4H6ClNO3/c5-3(7)1-9-2-4(6)8/h1-2H2,(H2,6,8). The van der Waals surface area contributed by atoms with Gasteiger partial charge < -0.3 is 10.5 Å². The summed E-state index contributed by atoms with van der Waals surface area (Å²) in [6.45, 7) is -0.539. The Bertz CT molecular complexity index is 111. The summed E-state index contributed by atoms with van der Waals surface area (Å²) in [5, 5.41) is -0.642. The van der Waals surface area contributed by atoms with Crippen LogP contribution in [0.3, 0.4) is 0 Å². The zero-order valence-electron chi connectivity index (χ0n) is 4.59. The molecule has 0 unspecified atom stereocenters. The van der Waals surface area contributed by atoms with Gasteiger partial charge in [-0.3, -0.25) is 9.59 Å². The second-order valence-corrected chi connectivity index (χ2v) is 1.74. The van der Waals surface area contributed by atoms with Crippen LogP contribution in [0.2, 0.25) is 0 Å². The van der Waals surface area contributed by atoms with E-state index in [-0.39, 0.29) is 13.2 Å². The predicted molar refractivity (Wildman–Crippen MR) is 30.9 cm³/mol. The summed E-state index contributed by atoms with van der Waals surface area (Å²) in [7, 11) is 0. The van der Waals surface area contributed by atoms with E-state index in [1.54, 1.807) is 0 Å². The van der Waals surface area contributed by atoms with Gasteiger partial charge in [-0.25, -0.2) is 0 Å². The minimum Gasteiger partial charge on any atom is -0.368 e. The number of rotatable bonds is 4. The highest BCUT2D eigenvalue weighted by molar-refractivity contribution is 6.63. The van der Waals surface area contributed by atoms with Crippen molar-refractivity contribution in [1.82, 2.24) is 0 Å². The Balaban J connectivity index is 3.10. The van der Waals surface area contributed by atoms with Crippen molar-refractivity contribution in [1.29, 1.82) is 0 Å². The van der Waals surface area contributed by atoms with Crippen LogP contribution >= 0.6 is 11.6 Å². The van der Waals surface area contributed by atoms with E-state index in [0.29, 0.717) is 0 Å². The highest BCUT2D eigenvalue weighted by Crippen LogP contribution is 1.80. The Morgan fingerprint density at radius 2 is 2.00 bits per heavy atom. The molecule has 2 N–H and O–H groups in total. The number of carbonyl (C=O) groups is 2. The van der Waals surface area contributed by atoms with Crippen LogP contribution < -0.4 is 5.73 Å². The minimum atomic E-state index is -0.642. The van der Waals surface area contributed by atoms with Gasteiger partial charge >= 0.3 is 0 Å². The first-order valence-electron chi connectivity index (χ1n) is 2.17. The maximum Gasteiger partial charge on any atom is 0.247 e. The largest absolute Gasteiger partial charge is 0.368 e. The molecule has 0 aliphatic carbocycles. The van der Waals surface area contributed by atoms with Crippen LogP contribution in [-0.4, -0.2) is 24.4 Å². The molecule has 0 aromatic rings. The third kappa shape index (κ3) is 7.39. The fraction of sp³-hybridized carbons (Fsp3) is 0.500. The molecule has 0 saturated carbocycles. The van der Waals surface area contributed by atoms with Gasteiger partial charge in [0.2, 0.25) is 11.1 Å². The number of nitrogens with two attached hydrogens (primary N) is 1. The second kappa shape index (κ2) is 4.29. The number of amides is 1. The highest BCUT2D eigenvalue weighted by Gasteiger charge is 1.97. The molecule has 0 heterocycles. The summed E-state index contributed by atoms with van der Waals surface area (Å²) in [6, 6.07) is 0. The Morgan fingerprint density at radius 3 is 2.33 bits per heavy atom. The fourth-order valence-corrected chi connectivity index (χ4v) is 0.309. The molecule has 0 fully saturated rings. The SMILES string of the molecule is NC(=O)COCC(=O)Cl. The number of hydrogen-bond donors (Lipinski definition) is 1. The quantitative estimate of drug-likeness (QED) is 0.538. The summed E-state index contributed by atoms with van der Waals surface area (Å²) in [5.74, 6) is -0.618. The summed E-state index contributed by atoms with van der Waals surface area (Å²) in [4.78, 5) is 19.8. The van der Waals surface area contributed by atoms with Crippen LogP contribution in [0.25, 0.3) is 0 Å². The molecule has 5 heteroatoms. The van der Waals surface area contributed by atoms with Crippen LogP contribution in [0.5, 0.6) is 0 Å². The molecule has 0 aromatic carbocycles. The lowest BCUT2D eigenvalue weighted by molar-refractivity contribution is -0.124. The van der Waals surface area contributed by atoms with E-state index in [9.17, 15) is 9.59 Å². The van der Waals surface area contributed by atoms with Crippen molar-refractivity contribution in [2.24, 2.45) is 5.73 Å². The minimum absolute atomic E-state index is 0.265. The number of halogens is 1. The van der Waals surface area contributed by atoms with Crippen molar-refractivity contribution in [3.8, 4) is 0 Å². The van der Waals surface area contributed by atoms with Crippen LogP contribution in [0.1, 0.15) is 0 Å². The van der Waals surface area contributed by atoms with Crippen LogP contribution in [0.4, 0.5) is 0 Å². The average Bonchev–Trinajstić information content (AvgIpc) is 1.63. The molecule has 0 aliphatic heterocycles. The van der Waals surface area contributed by atoms with Gasteiger partial charge in [0.25, 0.3) is 0 Å². The fourth-order valence-electron chi connectivity index (χ4n) is 0.232. The molecule has 9 heavy (non-hydrogen) atoms. The highest BCUT2D eigenvalue weighted by atomic mass is 35.5. The monoisotopic (exact) mass is 151 g/mol. The Hall–Kier alpha value is -0.610. The van der Waals surface area contributed by atoms with Crippen molar-refractivity contribution in [3.05, 3.63) is 0 Å². The Morgan fingerprint density at radius 1 is 1.44 bits per heavy atom. The molecule has 0 spiro atoms. The molecular formula is C4H6ClNO3. The van der Waals surface area contributed by atoms with E-state index in [4.69, 9.17) is 11.6 Å². The van der Waals surface area contributed by atoms with Gasteiger partial charge in [-0.2, -0.15) is 0 Å². The molecule has 0 radical (unpaired) electrons. The van der Waals surface area contributed by atoms with Gasteiger partial charge in [-0.1, -0.05) is 0 Å². The smallest absolute Gasteiger partial charge is 0.247 e. The van der Waals surface area contributed by atoms with Gasteiger partial charge in [-0.05, 0) is 11.6 Å². The van der Waals surface area contributed by atoms with Crippen molar-refractivity contribution >= 4 is 22.8 Å². The number of primary amides is 1. The molecule has 0 atom stereocenters. The van der Waals surface area contributed by atoms with Crippen molar-refractivity contribution in [3.63, 3.8) is 0 Å². The number of ether oxygens (including phenoxy) is 1. The van der Waals surface area contributed by atoms with E-state index in [1.807, 2.05) is 0 Å². The molecule has 52 valence electrons. The number of hydrogen-bond acceptors (Lipinski definition) is 3. The normalized spacial score (nSPS) is 9.00. The zero-order chi connectivity index (χ0) is 7.28. The third-order valence-electron chi connectivity index (χ3n) is 0.460. The Kier molecular flexibility index (Phi) is 4.00. The van der Waals surface area contributed by atoms with Gasteiger partial charge in [0.1, 0.15) is 13.2 Å². The number of carbonyl (C=O) groups excluding carboxylic acids is 2. The molecular weight excluding hydrogens is 146 g/mol. The van der Waals surface area contributed by atoms with Crippen molar-refractivity contribution < 1.29 is 14.3 Å². The predicted octanol–water partition coefficient (Wildman–Crippen LogP) is -0.746. The molecule has 0 bridgehead atoms. The summed E-state index contributed by atoms with van der Waals surface area (Å²) >= 11 is 4.85. The maximum absolute atomic E-state index is 9.92. The van der Waals surface area contributed by atoms with E-state index in [1.165, 1.54) is 0 Å². The summed E-state index contributed by atoms with van der Waals surface area (Å²) in [5.41, 5.74) is 4.66. The van der Waals surface area contributed by atoms with Crippen molar-refractivity contribution in [2.45, 2.75) is 0 Å². The first kappa shape index (κ1) is 8.39. The first-order chi connectivity index (χ1) is 4.13. The molecule has 0 saturated heterocycles. The van der Waals surface area contributed by atoms with E-state index < -0.39 is 11.1 Å². The van der Waals surface area contributed by atoms with Gasteiger partial charge in [0, 0.05) is 0 Å². The zero-order valence-corrected chi connectivity index (χ0v) is 5.35. The van der Waals surface area contributed by atoms with E-state index in [2.05, 4.69) is 10.5 Å². The molecule has 0 aliphatic rings. The maximum atomic E-state index is 9.92. The third-order valence-corrected chi connectivity index (χ3v) is 0.569. The van der Waals surface area contributed by atoms with Gasteiger partial charge in [-0.15, -0.1) is 0 Å². The van der Waals surface area contributed by atoms with E-state index >= 15 is 0 Å². The first-order valence-corrected chi connectivity index (χ1v) is 2.55. The summed E-state index contributed by atoms with van der Waals surface area (Å²) in [6.07, 6.45) is 0. The van der Waals surface area contributed by atoms with E-state index in [0.717, 1.165) is 0 Å². The topological polar surface area (TPSA) is 69.4 Å². The molecule has 0 rings (SSSR count). The van der Waals surface area contributed by atoms with Gasteiger partial charge in [0.15, 0.2) is 0 Å². The lowest BCUT2D eigenvalue weighted by Gasteiger charge is -1.93. The lowest BCUT2D eigenvalue weighted by atomic mass is 10.7. The van der Waals surface area contributed by atoms with Crippen LogP contribution in [0, 0.1) is 0 Å². The van der Waals surface area contributed by atoms with Crippen LogP contribution in [-0.2, 0) is 14.3 Å². The molecule has 4 nitrogen and oxygen atoms in total. The van der Waals surface area contributed by atoms with Crippen LogP contribution in [0.15, 0.2) is 0 Å². The molecule has 0 aromatic heterocycles. The van der Waals surface area contributed by atoms with Gasteiger partial charge in [0.05, 0.1) is 0 Å². The average molecular weight is 152 g/mol. The molecule has 1 amide bonds. The summed E-state index contributed by atoms with van der Waals surface area (Å²) < 4.78 is 4.40. The second-order valence-electron chi connectivity index (χ2n) is 1.31.